The van der Waals surface area contributed by atoms with Gasteiger partial charge in [-0.15, -0.1) is 0 Å². The standard InChI is InChI=1S/2C5H12O3/c1-5(2-6,3-7)4-8;1-3(6)5(8)4(2)7/h6-8H,2-4H2,1H3;3-8H,1-2H3. The second-order valence-corrected chi connectivity index (χ2v) is 4.26. The van der Waals surface area contributed by atoms with E-state index >= 15 is 0 Å². The topological polar surface area (TPSA) is 121 Å². The molecule has 0 fully saturated rings. The molecule has 100 valence electrons. The van der Waals surface area contributed by atoms with Crippen LogP contribution < -0.4 is 0 Å². The highest BCUT2D eigenvalue weighted by Crippen LogP contribution is 2.10. The highest BCUT2D eigenvalue weighted by molar-refractivity contribution is 4.69. The van der Waals surface area contributed by atoms with Crippen molar-refractivity contribution in [2.75, 3.05) is 19.8 Å². The maximum Gasteiger partial charge on any atom is 0.105 e. The molecule has 16 heavy (non-hydrogen) atoms. The fraction of sp³-hybridized carbons (Fsp3) is 1.00. The van der Waals surface area contributed by atoms with Gasteiger partial charge in [0.1, 0.15) is 6.10 Å². The first-order chi connectivity index (χ1) is 7.24. The molecule has 0 aliphatic heterocycles. The maximum absolute atomic E-state index is 8.70. The lowest BCUT2D eigenvalue weighted by Gasteiger charge is -2.20. The second kappa shape index (κ2) is 8.86. The van der Waals surface area contributed by atoms with E-state index in [2.05, 4.69) is 0 Å². The van der Waals surface area contributed by atoms with E-state index in [1.54, 1.807) is 6.92 Å². The zero-order valence-electron chi connectivity index (χ0n) is 10.0. The zero-order chi connectivity index (χ0) is 13.4. The zero-order valence-corrected chi connectivity index (χ0v) is 10.0. The average Bonchev–Trinajstić information content (AvgIpc) is 2.27. The summed E-state index contributed by atoms with van der Waals surface area (Å²) in [6, 6.07) is 0. The maximum atomic E-state index is 8.70. The predicted octanol–water partition coefficient (Wildman–Crippen LogP) is -1.92. The SMILES string of the molecule is CC(CO)(CO)CO.CC(O)C(O)C(C)O. The van der Waals surface area contributed by atoms with E-state index in [4.69, 9.17) is 30.6 Å². The van der Waals surface area contributed by atoms with Crippen LogP contribution in [0, 0.1) is 5.41 Å². The van der Waals surface area contributed by atoms with E-state index < -0.39 is 23.7 Å². The van der Waals surface area contributed by atoms with Crippen LogP contribution in [0.4, 0.5) is 0 Å². The molecule has 0 aliphatic rings. The molecule has 0 radical (unpaired) electrons. The lowest BCUT2D eigenvalue weighted by molar-refractivity contribution is -0.0438. The molecule has 0 saturated heterocycles. The van der Waals surface area contributed by atoms with Gasteiger partial charge in [-0.1, -0.05) is 6.92 Å². The van der Waals surface area contributed by atoms with Gasteiger partial charge in [0.15, 0.2) is 0 Å². The Labute approximate surface area is 95.8 Å². The van der Waals surface area contributed by atoms with Gasteiger partial charge in [-0.3, -0.25) is 0 Å². The molecule has 0 aromatic heterocycles. The van der Waals surface area contributed by atoms with Crippen molar-refractivity contribution >= 4 is 0 Å². The molecule has 0 amide bonds. The Morgan fingerprint density at radius 2 is 1.06 bits per heavy atom. The molecule has 0 saturated carbocycles. The normalized spacial score (nSPS) is 17.1. The first-order valence-corrected chi connectivity index (χ1v) is 5.11. The van der Waals surface area contributed by atoms with Crippen molar-refractivity contribution in [3.05, 3.63) is 0 Å². The minimum atomic E-state index is -1.02. The van der Waals surface area contributed by atoms with Crippen LogP contribution in [0.1, 0.15) is 20.8 Å². The van der Waals surface area contributed by atoms with E-state index in [-0.39, 0.29) is 19.8 Å². The van der Waals surface area contributed by atoms with E-state index in [1.165, 1.54) is 13.8 Å². The lowest BCUT2D eigenvalue weighted by Crippen LogP contribution is -2.33. The van der Waals surface area contributed by atoms with Gasteiger partial charge in [0.25, 0.3) is 0 Å². The Kier molecular flexibility index (Phi) is 10.0. The summed E-state index contributed by atoms with van der Waals surface area (Å²) in [4.78, 5) is 0. The van der Waals surface area contributed by atoms with Crippen LogP contribution in [0.15, 0.2) is 0 Å². The van der Waals surface area contributed by atoms with Crippen LogP contribution in [0.25, 0.3) is 0 Å². The molecule has 0 heterocycles. The average molecular weight is 240 g/mol. The predicted molar refractivity (Wildman–Crippen MR) is 58.7 cm³/mol. The van der Waals surface area contributed by atoms with Crippen molar-refractivity contribution in [3.8, 4) is 0 Å². The molecule has 2 unspecified atom stereocenters. The number of hydrogen-bond donors (Lipinski definition) is 6. The second-order valence-electron chi connectivity index (χ2n) is 4.26. The fourth-order valence-electron chi connectivity index (χ4n) is 0.553. The highest BCUT2D eigenvalue weighted by Gasteiger charge is 2.20. The van der Waals surface area contributed by atoms with Crippen molar-refractivity contribution in [1.29, 1.82) is 0 Å². The third-order valence-corrected chi connectivity index (χ3v) is 2.13. The van der Waals surface area contributed by atoms with Crippen LogP contribution in [0.5, 0.6) is 0 Å². The van der Waals surface area contributed by atoms with Gasteiger partial charge in [-0.05, 0) is 13.8 Å². The van der Waals surface area contributed by atoms with Crippen molar-refractivity contribution < 1.29 is 30.6 Å². The minimum absolute atomic E-state index is 0.181. The number of aliphatic hydroxyl groups is 6. The van der Waals surface area contributed by atoms with Crippen molar-refractivity contribution in [3.63, 3.8) is 0 Å². The van der Waals surface area contributed by atoms with Crippen LogP contribution in [0.3, 0.4) is 0 Å². The molecule has 0 aromatic carbocycles. The first kappa shape index (κ1) is 18.1. The summed E-state index contributed by atoms with van der Waals surface area (Å²) in [6.45, 7) is 3.92. The van der Waals surface area contributed by atoms with Gasteiger partial charge >= 0.3 is 0 Å². The van der Waals surface area contributed by atoms with Gasteiger partial charge < -0.3 is 30.6 Å². The minimum Gasteiger partial charge on any atom is -0.396 e. The third kappa shape index (κ3) is 7.98. The van der Waals surface area contributed by atoms with Gasteiger partial charge in [0.2, 0.25) is 0 Å². The molecule has 6 heteroatoms. The molecular weight excluding hydrogens is 216 g/mol. The quantitative estimate of drug-likeness (QED) is 0.333. The van der Waals surface area contributed by atoms with E-state index in [9.17, 15) is 0 Å². The molecule has 0 spiro atoms. The van der Waals surface area contributed by atoms with Crippen LogP contribution >= 0.6 is 0 Å². The van der Waals surface area contributed by atoms with Gasteiger partial charge in [-0.2, -0.15) is 0 Å². The van der Waals surface area contributed by atoms with Crippen molar-refractivity contribution in [1.82, 2.24) is 0 Å². The van der Waals surface area contributed by atoms with Crippen LogP contribution in [-0.2, 0) is 0 Å². The molecule has 0 aromatic rings. The smallest absolute Gasteiger partial charge is 0.105 e. The lowest BCUT2D eigenvalue weighted by atomic mass is 9.95. The molecule has 6 N–H and O–H groups in total. The Morgan fingerprint density at radius 1 is 0.812 bits per heavy atom. The van der Waals surface area contributed by atoms with Gasteiger partial charge in [0, 0.05) is 5.41 Å². The van der Waals surface area contributed by atoms with E-state index in [1.807, 2.05) is 0 Å². The Morgan fingerprint density at radius 3 is 1.06 bits per heavy atom. The molecule has 6 nitrogen and oxygen atoms in total. The molecule has 2 atom stereocenters. The molecule has 0 bridgehead atoms. The number of rotatable bonds is 5. The number of hydrogen-bond acceptors (Lipinski definition) is 6. The summed E-state index contributed by atoms with van der Waals surface area (Å²) in [5, 5.41) is 51.3. The summed E-state index contributed by atoms with van der Waals surface area (Å²) in [5.41, 5.74) is -0.708. The monoisotopic (exact) mass is 240 g/mol. The molecule has 0 aliphatic carbocycles. The van der Waals surface area contributed by atoms with Gasteiger partial charge in [-0.25, -0.2) is 0 Å². The summed E-state index contributed by atoms with van der Waals surface area (Å²) in [5.74, 6) is 0. The summed E-state index contributed by atoms with van der Waals surface area (Å²) < 4.78 is 0. The summed E-state index contributed by atoms with van der Waals surface area (Å²) >= 11 is 0. The largest absolute Gasteiger partial charge is 0.396 e. The van der Waals surface area contributed by atoms with Crippen molar-refractivity contribution in [2.45, 2.75) is 39.1 Å². The Bertz CT molecular complexity index is 139. The Balaban J connectivity index is 0. The summed E-state index contributed by atoms with van der Waals surface area (Å²) in [6.07, 6.45) is -2.72. The molecular formula is C10H24O6. The Hall–Kier alpha value is -0.240. The van der Waals surface area contributed by atoms with E-state index in [0.717, 1.165) is 0 Å². The van der Waals surface area contributed by atoms with Crippen LogP contribution in [-0.4, -0.2) is 68.8 Å². The number of aliphatic hydroxyl groups excluding tert-OH is 6. The third-order valence-electron chi connectivity index (χ3n) is 2.13. The van der Waals surface area contributed by atoms with Crippen molar-refractivity contribution in [2.24, 2.45) is 5.41 Å². The summed E-state index contributed by atoms with van der Waals surface area (Å²) in [7, 11) is 0. The molecule has 0 rings (SSSR count). The van der Waals surface area contributed by atoms with Gasteiger partial charge in [0.05, 0.1) is 32.0 Å². The highest BCUT2D eigenvalue weighted by atomic mass is 16.4. The van der Waals surface area contributed by atoms with Crippen LogP contribution in [0.2, 0.25) is 0 Å². The first-order valence-electron chi connectivity index (χ1n) is 5.11. The fourth-order valence-corrected chi connectivity index (χ4v) is 0.553. The van der Waals surface area contributed by atoms with E-state index in [0.29, 0.717) is 0 Å².